The van der Waals surface area contributed by atoms with Gasteiger partial charge in [0.15, 0.2) is 6.61 Å². The van der Waals surface area contributed by atoms with E-state index < -0.39 is 13.0 Å². The molecule has 2 aliphatic rings. The van der Waals surface area contributed by atoms with Crippen molar-refractivity contribution in [2.75, 3.05) is 26.2 Å². The molecule has 0 radical (unpaired) electrons. The number of rotatable bonds is 9. The zero-order valence-corrected chi connectivity index (χ0v) is 20.3. The maximum atomic E-state index is 12.4. The van der Waals surface area contributed by atoms with Gasteiger partial charge in [0, 0.05) is 37.5 Å². The molecule has 2 aromatic heterocycles. The van der Waals surface area contributed by atoms with Gasteiger partial charge in [0.05, 0.1) is 6.20 Å². The highest BCUT2D eigenvalue weighted by atomic mass is 19.3. The number of aryl methyl sites for hydroxylation is 1. The van der Waals surface area contributed by atoms with Crippen LogP contribution in [0.4, 0.5) is 8.78 Å². The van der Waals surface area contributed by atoms with Crippen molar-refractivity contribution in [1.29, 1.82) is 0 Å². The quantitative estimate of drug-likeness (QED) is 0.485. The predicted molar refractivity (Wildman–Crippen MR) is 128 cm³/mol. The fourth-order valence-electron chi connectivity index (χ4n) is 4.90. The normalized spacial score (nSPS) is 21.3. The van der Waals surface area contributed by atoms with Crippen molar-refractivity contribution in [3.8, 4) is 5.88 Å². The van der Waals surface area contributed by atoms with E-state index in [0.717, 1.165) is 63.9 Å². The van der Waals surface area contributed by atoms with E-state index in [0.29, 0.717) is 23.5 Å². The lowest BCUT2D eigenvalue weighted by atomic mass is 9.81. The van der Waals surface area contributed by atoms with Gasteiger partial charge in [0.1, 0.15) is 12.2 Å². The maximum absolute atomic E-state index is 12.4. The van der Waals surface area contributed by atoms with Gasteiger partial charge in [-0.15, -0.1) is 0 Å². The predicted octanol–water partition coefficient (Wildman–Crippen LogP) is 4.46. The van der Waals surface area contributed by atoms with E-state index in [1.54, 1.807) is 19.2 Å². The Balaban J connectivity index is 1.15. The van der Waals surface area contributed by atoms with E-state index in [1.807, 2.05) is 12.3 Å². The van der Waals surface area contributed by atoms with Crippen LogP contribution in [0.2, 0.25) is 0 Å². The number of halogens is 2. The van der Waals surface area contributed by atoms with Gasteiger partial charge in [0.2, 0.25) is 11.8 Å². The Morgan fingerprint density at radius 1 is 1.26 bits per heavy atom. The molecule has 0 spiro atoms. The Kier molecular flexibility index (Phi) is 8.95. The minimum atomic E-state index is -2.50. The van der Waals surface area contributed by atoms with Crippen LogP contribution in [-0.2, 0) is 24.1 Å². The fourth-order valence-corrected chi connectivity index (χ4v) is 4.90. The Morgan fingerprint density at radius 3 is 2.80 bits per heavy atom. The third kappa shape index (κ3) is 7.92. The zero-order chi connectivity index (χ0) is 24.6. The van der Waals surface area contributed by atoms with Crippen molar-refractivity contribution in [3.05, 3.63) is 41.2 Å². The lowest BCUT2D eigenvalue weighted by molar-refractivity contribution is -0.117. The molecule has 2 aromatic rings. The van der Waals surface area contributed by atoms with E-state index in [4.69, 9.17) is 9.15 Å². The smallest absolute Gasteiger partial charge is 0.272 e. The Bertz CT molecular complexity index is 1000. The van der Waals surface area contributed by atoms with E-state index >= 15 is 0 Å². The Morgan fingerprint density at radius 2 is 2.06 bits per heavy atom. The highest BCUT2D eigenvalue weighted by Gasteiger charge is 2.22. The molecule has 0 N–H and O–H groups in total. The summed E-state index contributed by atoms with van der Waals surface area (Å²) >= 11 is 0. The van der Waals surface area contributed by atoms with Gasteiger partial charge in [-0.05, 0) is 69.4 Å². The van der Waals surface area contributed by atoms with Crippen LogP contribution in [0.1, 0.15) is 55.0 Å². The Hall–Kier alpha value is -2.68. The first kappa shape index (κ1) is 25.4. The summed E-state index contributed by atoms with van der Waals surface area (Å²) in [6.45, 7) is 4.15. The minimum Gasteiger partial charge on any atom is -0.472 e. The molecule has 3 heterocycles. The molecule has 0 saturated heterocycles. The van der Waals surface area contributed by atoms with Crippen LogP contribution in [0, 0.1) is 18.8 Å². The summed E-state index contributed by atoms with van der Waals surface area (Å²) in [4.78, 5) is 27.2. The molecule has 0 unspecified atom stereocenters. The molecule has 1 amide bonds. The number of carbonyl (C=O) groups excluding carboxylic acids is 1. The number of ether oxygens (including phenoxy) is 1. The van der Waals surface area contributed by atoms with Gasteiger partial charge in [0.25, 0.3) is 12.3 Å². The molecule has 1 aliphatic carbocycles. The minimum absolute atomic E-state index is 0.110. The third-order valence-corrected chi connectivity index (χ3v) is 6.91. The molecule has 9 heteroatoms. The average Bonchev–Trinajstić information content (AvgIpc) is 3.14. The number of pyridine rings is 1. The van der Waals surface area contributed by atoms with Crippen LogP contribution in [0.25, 0.3) is 0 Å². The van der Waals surface area contributed by atoms with Crippen molar-refractivity contribution in [3.63, 3.8) is 0 Å². The first-order chi connectivity index (χ1) is 16.9. The van der Waals surface area contributed by atoms with Crippen molar-refractivity contribution in [2.45, 2.75) is 64.7 Å². The zero-order valence-electron chi connectivity index (χ0n) is 20.3. The summed E-state index contributed by atoms with van der Waals surface area (Å²) in [5.41, 5.74) is 2.15. The monoisotopic (exact) mass is 488 g/mol. The molecule has 190 valence electrons. The van der Waals surface area contributed by atoms with Crippen LogP contribution in [0.15, 0.2) is 27.7 Å². The van der Waals surface area contributed by atoms with Gasteiger partial charge in [-0.25, -0.2) is 23.7 Å². The number of amides is 1. The molecule has 4 rings (SSSR count). The van der Waals surface area contributed by atoms with Crippen molar-refractivity contribution >= 4 is 12.1 Å². The highest BCUT2D eigenvalue weighted by molar-refractivity contribution is 5.86. The number of fused-ring (bicyclic) bond motifs is 1. The lowest BCUT2D eigenvalue weighted by Gasteiger charge is -2.28. The summed E-state index contributed by atoms with van der Waals surface area (Å²) < 4.78 is 35.2. The number of hydrogen-bond donors (Lipinski definition) is 0. The second-order valence-electron chi connectivity index (χ2n) is 9.58. The molecule has 0 atom stereocenters. The number of hydrogen-bond acceptors (Lipinski definition) is 6. The maximum Gasteiger partial charge on any atom is 0.272 e. The van der Waals surface area contributed by atoms with Gasteiger partial charge >= 0.3 is 0 Å². The topological polar surface area (TPSA) is 80.8 Å². The molecule has 1 saturated carbocycles. The molecule has 7 nitrogen and oxygen atoms in total. The molecule has 1 aliphatic heterocycles. The van der Waals surface area contributed by atoms with E-state index in [2.05, 4.69) is 19.9 Å². The number of aliphatic imine (C=N–C) groups is 1. The number of alkyl halides is 2. The summed E-state index contributed by atoms with van der Waals surface area (Å²) in [7, 11) is 0. The second-order valence-corrected chi connectivity index (χ2v) is 9.58. The molecule has 0 bridgehead atoms. The van der Waals surface area contributed by atoms with E-state index in [9.17, 15) is 13.6 Å². The van der Waals surface area contributed by atoms with Crippen LogP contribution in [0.3, 0.4) is 0 Å². The fraction of sp³-hybridized carbons (Fsp3) is 0.615. The van der Waals surface area contributed by atoms with Crippen molar-refractivity contribution in [2.24, 2.45) is 16.8 Å². The standard InChI is InChI=1S/C26H34F2N4O3/c1-18-15-30-26(35-18)14-24(33)29-16-20-4-2-19(3-5-20)8-11-32-12-9-21-6-7-25(34-17-23(27)28)31-22(21)10-13-32/h6-7,15-16,19-20,23H,2-5,8-14,17H2,1H3. The molecular weight excluding hydrogens is 454 g/mol. The van der Waals surface area contributed by atoms with Crippen LogP contribution < -0.4 is 4.74 Å². The van der Waals surface area contributed by atoms with E-state index in [1.165, 1.54) is 12.0 Å². The van der Waals surface area contributed by atoms with Crippen molar-refractivity contribution in [1.82, 2.24) is 14.9 Å². The number of carbonyl (C=O) groups is 1. The average molecular weight is 489 g/mol. The third-order valence-electron chi connectivity index (χ3n) is 6.91. The van der Waals surface area contributed by atoms with E-state index in [-0.39, 0.29) is 18.2 Å². The van der Waals surface area contributed by atoms with Crippen LogP contribution in [-0.4, -0.2) is 59.7 Å². The van der Waals surface area contributed by atoms with Crippen LogP contribution >= 0.6 is 0 Å². The first-order valence-corrected chi connectivity index (χ1v) is 12.5. The van der Waals surface area contributed by atoms with Gasteiger partial charge < -0.3 is 14.1 Å². The summed E-state index contributed by atoms with van der Waals surface area (Å²) in [5, 5.41) is 0. The molecule has 35 heavy (non-hydrogen) atoms. The summed E-state index contributed by atoms with van der Waals surface area (Å²) in [5.74, 6) is 2.25. The SMILES string of the molecule is Cc1cnc(CC(=O)N=CC2CCC(CCN3CCc4ccc(OCC(F)F)nc4CC3)CC2)o1. The second kappa shape index (κ2) is 12.3. The van der Waals surface area contributed by atoms with Gasteiger partial charge in [-0.2, -0.15) is 0 Å². The first-order valence-electron chi connectivity index (χ1n) is 12.5. The lowest BCUT2D eigenvalue weighted by Crippen LogP contribution is -2.29. The summed E-state index contributed by atoms with van der Waals surface area (Å²) in [6, 6.07) is 3.66. The summed E-state index contributed by atoms with van der Waals surface area (Å²) in [6.07, 6.45) is 8.39. The number of oxazole rings is 1. The molecule has 0 aromatic carbocycles. The Labute approximate surface area is 205 Å². The number of nitrogens with zero attached hydrogens (tertiary/aromatic N) is 4. The molecule has 1 fully saturated rings. The van der Waals surface area contributed by atoms with Gasteiger partial charge in [-0.1, -0.05) is 6.07 Å². The molecular formula is C26H34F2N4O3. The highest BCUT2D eigenvalue weighted by Crippen LogP contribution is 2.30. The largest absolute Gasteiger partial charge is 0.472 e. The van der Waals surface area contributed by atoms with Crippen molar-refractivity contribution < 1.29 is 22.7 Å². The number of aromatic nitrogens is 2. The van der Waals surface area contributed by atoms with Gasteiger partial charge in [-0.3, -0.25) is 4.79 Å². The van der Waals surface area contributed by atoms with Crippen LogP contribution in [0.5, 0.6) is 5.88 Å².